The standard InChI is InChI=1S/C14H26N2O.ClH/c1-16(14(17)13-8-5-10-15-13)11-9-12-6-3-2-4-7-12;/h12-13,15H,2-11H2,1H3;1H. The van der Waals surface area contributed by atoms with E-state index in [0.717, 1.165) is 31.8 Å². The molecular formula is C14H27ClN2O. The second kappa shape index (κ2) is 8.00. The lowest BCUT2D eigenvalue weighted by Gasteiger charge is -2.26. The minimum Gasteiger partial charge on any atom is -0.344 e. The Balaban J connectivity index is 0.00000162. The highest BCUT2D eigenvalue weighted by atomic mass is 35.5. The summed E-state index contributed by atoms with van der Waals surface area (Å²) in [4.78, 5) is 14.0. The summed E-state index contributed by atoms with van der Waals surface area (Å²) in [5.41, 5.74) is 0. The molecule has 1 saturated carbocycles. The van der Waals surface area contributed by atoms with Gasteiger partial charge in [-0.2, -0.15) is 0 Å². The predicted octanol–water partition coefficient (Wildman–Crippen LogP) is 2.59. The van der Waals surface area contributed by atoms with Crippen LogP contribution < -0.4 is 5.32 Å². The number of amides is 1. The van der Waals surface area contributed by atoms with Crippen LogP contribution >= 0.6 is 12.4 Å². The number of rotatable bonds is 4. The van der Waals surface area contributed by atoms with E-state index in [1.54, 1.807) is 0 Å². The maximum absolute atomic E-state index is 12.1. The molecule has 2 aliphatic rings. The molecule has 0 aromatic rings. The van der Waals surface area contributed by atoms with E-state index in [1.807, 2.05) is 11.9 Å². The summed E-state index contributed by atoms with van der Waals surface area (Å²) in [6.45, 7) is 1.95. The summed E-state index contributed by atoms with van der Waals surface area (Å²) < 4.78 is 0. The molecular weight excluding hydrogens is 248 g/mol. The summed E-state index contributed by atoms with van der Waals surface area (Å²) in [5.74, 6) is 1.17. The van der Waals surface area contributed by atoms with Gasteiger partial charge in [0, 0.05) is 13.6 Å². The Morgan fingerprint density at radius 1 is 1.17 bits per heavy atom. The number of carbonyl (C=O) groups excluding carboxylic acids is 1. The molecule has 1 heterocycles. The number of nitrogens with zero attached hydrogens (tertiary/aromatic N) is 1. The monoisotopic (exact) mass is 274 g/mol. The van der Waals surface area contributed by atoms with Crippen molar-refractivity contribution in [1.82, 2.24) is 10.2 Å². The average Bonchev–Trinajstić information content (AvgIpc) is 2.90. The fraction of sp³-hybridized carbons (Fsp3) is 0.929. The van der Waals surface area contributed by atoms with E-state index in [2.05, 4.69) is 5.32 Å². The van der Waals surface area contributed by atoms with Gasteiger partial charge >= 0.3 is 0 Å². The molecule has 1 aliphatic heterocycles. The van der Waals surface area contributed by atoms with Crippen LogP contribution in [0, 0.1) is 5.92 Å². The lowest BCUT2D eigenvalue weighted by atomic mass is 9.87. The van der Waals surface area contributed by atoms with Crippen LogP contribution in [-0.4, -0.2) is 37.0 Å². The Kier molecular flexibility index (Phi) is 7.02. The summed E-state index contributed by atoms with van der Waals surface area (Å²) in [6, 6.07) is 0.103. The van der Waals surface area contributed by atoms with Crippen molar-refractivity contribution < 1.29 is 4.79 Å². The molecule has 0 aromatic carbocycles. The van der Waals surface area contributed by atoms with E-state index in [-0.39, 0.29) is 18.4 Å². The van der Waals surface area contributed by atoms with Crippen molar-refractivity contribution in [3.8, 4) is 0 Å². The molecule has 0 radical (unpaired) electrons. The molecule has 1 aliphatic carbocycles. The molecule has 0 aromatic heterocycles. The van der Waals surface area contributed by atoms with Crippen LogP contribution in [0.25, 0.3) is 0 Å². The first-order valence-corrected chi connectivity index (χ1v) is 7.26. The molecule has 1 saturated heterocycles. The number of hydrogen-bond donors (Lipinski definition) is 1. The Bertz CT molecular complexity index is 248. The molecule has 1 N–H and O–H groups in total. The Labute approximate surface area is 117 Å². The van der Waals surface area contributed by atoms with Crippen LogP contribution in [0.1, 0.15) is 51.4 Å². The Morgan fingerprint density at radius 3 is 2.50 bits per heavy atom. The van der Waals surface area contributed by atoms with Crippen LogP contribution in [0.3, 0.4) is 0 Å². The second-order valence-electron chi connectivity index (χ2n) is 5.70. The summed E-state index contributed by atoms with van der Waals surface area (Å²) in [7, 11) is 1.96. The van der Waals surface area contributed by atoms with Gasteiger partial charge in [0.15, 0.2) is 0 Å². The average molecular weight is 275 g/mol. The van der Waals surface area contributed by atoms with Crippen molar-refractivity contribution in [1.29, 1.82) is 0 Å². The van der Waals surface area contributed by atoms with E-state index in [9.17, 15) is 4.79 Å². The largest absolute Gasteiger partial charge is 0.344 e. The molecule has 2 fully saturated rings. The van der Waals surface area contributed by atoms with Gasteiger partial charge < -0.3 is 10.2 Å². The molecule has 18 heavy (non-hydrogen) atoms. The van der Waals surface area contributed by atoms with E-state index in [0.29, 0.717) is 5.91 Å². The highest BCUT2D eigenvalue weighted by molar-refractivity contribution is 5.85. The highest BCUT2D eigenvalue weighted by Crippen LogP contribution is 2.26. The van der Waals surface area contributed by atoms with Crippen LogP contribution in [0.2, 0.25) is 0 Å². The van der Waals surface area contributed by atoms with Gasteiger partial charge in [0.25, 0.3) is 0 Å². The third kappa shape index (κ3) is 4.43. The number of halogens is 1. The zero-order chi connectivity index (χ0) is 12.1. The first-order chi connectivity index (χ1) is 8.27. The highest BCUT2D eigenvalue weighted by Gasteiger charge is 2.25. The van der Waals surface area contributed by atoms with Crippen LogP contribution in [-0.2, 0) is 4.79 Å². The molecule has 1 unspecified atom stereocenters. The zero-order valence-corrected chi connectivity index (χ0v) is 12.3. The number of nitrogens with one attached hydrogen (secondary N) is 1. The topological polar surface area (TPSA) is 32.3 Å². The van der Waals surface area contributed by atoms with Crippen molar-refractivity contribution in [2.24, 2.45) is 5.92 Å². The van der Waals surface area contributed by atoms with E-state index in [1.165, 1.54) is 38.5 Å². The minimum absolute atomic E-state index is 0. The van der Waals surface area contributed by atoms with Gasteiger partial charge in [-0.3, -0.25) is 4.79 Å². The quantitative estimate of drug-likeness (QED) is 0.855. The summed E-state index contributed by atoms with van der Waals surface area (Å²) in [6.07, 6.45) is 10.3. The number of hydrogen-bond acceptors (Lipinski definition) is 2. The number of carbonyl (C=O) groups is 1. The molecule has 0 spiro atoms. The Hall–Kier alpha value is -0.280. The molecule has 1 atom stereocenters. The van der Waals surface area contributed by atoms with Gasteiger partial charge in [-0.1, -0.05) is 32.1 Å². The molecule has 106 valence electrons. The lowest BCUT2D eigenvalue weighted by molar-refractivity contribution is -0.131. The first kappa shape index (κ1) is 15.8. The molecule has 0 bridgehead atoms. The van der Waals surface area contributed by atoms with Gasteiger partial charge in [-0.15, -0.1) is 12.4 Å². The van der Waals surface area contributed by atoms with Crippen LogP contribution in [0.15, 0.2) is 0 Å². The normalized spacial score (nSPS) is 24.6. The molecule has 3 nitrogen and oxygen atoms in total. The van der Waals surface area contributed by atoms with Gasteiger partial charge in [0.1, 0.15) is 0 Å². The summed E-state index contributed by atoms with van der Waals surface area (Å²) in [5, 5.41) is 3.28. The minimum atomic E-state index is 0. The van der Waals surface area contributed by atoms with Gasteiger partial charge in [-0.05, 0) is 31.7 Å². The van der Waals surface area contributed by atoms with E-state index >= 15 is 0 Å². The van der Waals surface area contributed by atoms with E-state index < -0.39 is 0 Å². The Morgan fingerprint density at radius 2 is 1.89 bits per heavy atom. The fourth-order valence-electron chi connectivity index (χ4n) is 3.12. The van der Waals surface area contributed by atoms with Crippen molar-refractivity contribution >= 4 is 18.3 Å². The molecule has 2 rings (SSSR count). The van der Waals surface area contributed by atoms with Gasteiger partial charge in [0.2, 0.25) is 5.91 Å². The maximum Gasteiger partial charge on any atom is 0.239 e. The van der Waals surface area contributed by atoms with E-state index in [4.69, 9.17) is 0 Å². The third-order valence-corrected chi connectivity index (χ3v) is 4.33. The van der Waals surface area contributed by atoms with Crippen molar-refractivity contribution in [2.45, 2.75) is 57.4 Å². The lowest BCUT2D eigenvalue weighted by Crippen LogP contribution is -2.42. The van der Waals surface area contributed by atoms with Crippen molar-refractivity contribution in [3.63, 3.8) is 0 Å². The third-order valence-electron chi connectivity index (χ3n) is 4.33. The SMILES string of the molecule is CN(CCC1CCCCC1)C(=O)C1CCCN1.Cl. The van der Waals surface area contributed by atoms with Crippen molar-refractivity contribution in [3.05, 3.63) is 0 Å². The van der Waals surface area contributed by atoms with Crippen LogP contribution in [0.5, 0.6) is 0 Å². The van der Waals surface area contributed by atoms with Crippen molar-refractivity contribution in [2.75, 3.05) is 20.1 Å². The first-order valence-electron chi connectivity index (χ1n) is 7.26. The molecule has 1 amide bonds. The summed E-state index contributed by atoms with van der Waals surface area (Å²) >= 11 is 0. The second-order valence-corrected chi connectivity index (χ2v) is 5.70. The van der Waals surface area contributed by atoms with Gasteiger partial charge in [-0.25, -0.2) is 0 Å². The fourth-order valence-corrected chi connectivity index (χ4v) is 3.12. The zero-order valence-electron chi connectivity index (χ0n) is 11.5. The maximum atomic E-state index is 12.1. The number of likely N-dealkylation sites (N-methyl/N-ethyl adjacent to an activating group) is 1. The van der Waals surface area contributed by atoms with Gasteiger partial charge in [0.05, 0.1) is 6.04 Å². The van der Waals surface area contributed by atoms with Crippen LogP contribution in [0.4, 0.5) is 0 Å². The molecule has 4 heteroatoms. The predicted molar refractivity (Wildman–Crippen MR) is 77.1 cm³/mol. The smallest absolute Gasteiger partial charge is 0.239 e.